The van der Waals surface area contributed by atoms with Crippen LogP contribution in [0.25, 0.3) is 0 Å². The van der Waals surface area contributed by atoms with Gasteiger partial charge in [0.25, 0.3) is 0 Å². The van der Waals surface area contributed by atoms with Crippen LogP contribution in [0.3, 0.4) is 0 Å². The second-order valence-corrected chi connectivity index (χ2v) is 6.35. The Morgan fingerprint density at radius 2 is 2.00 bits per heavy atom. The van der Waals surface area contributed by atoms with Gasteiger partial charge in [0, 0.05) is 38.8 Å². The van der Waals surface area contributed by atoms with Crippen LogP contribution in [0.1, 0.15) is 12.5 Å². The fourth-order valence-corrected chi connectivity index (χ4v) is 2.77. The van der Waals surface area contributed by atoms with Crippen molar-refractivity contribution in [2.75, 3.05) is 46.4 Å². The highest BCUT2D eigenvalue weighted by molar-refractivity contribution is 6.32. The van der Waals surface area contributed by atoms with E-state index >= 15 is 0 Å². The predicted molar refractivity (Wildman–Crippen MR) is 88.2 cm³/mol. The van der Waals surface area contributed by atoms with Gasteiger partial charge < -0.3 is 15.4 Å². The quantitative estimate of drug-likeness (QED) is 0.870. The number of nitrogens with zero attached hydrogens (tertiary/aromatic N) is 2. The molecule has 0 saturated carbocycles. The van der Waals surface area contributed by atoms with Gasteiger partial charge in [-0.25, -0.2) is 0 Å². The van der Waals surface area contributed by atoms with Crippen LogP contribution in [0.5, 0.6) is 5.75 Å². The molecule has 4 nitrogen and oxygen atoms in total. The lowest BCUT2D eigenvalue weighted by molar-refractivity contribution is 0.134. The van der Waals surface area contributed by atoms with Crippen molar-refractivity contribution in [2.24, 2.45) is 5.73 Å². The Morgan fingerprint density at radius 1 is 1.29 bits per heavy atom. The van der Waals surface area contributed by atoms with E-state index in [1.54, 1.807) is 0 Å². The predicted octanol–water partition coefficient (Wildman–Crippen LogP) is 1.86. The van der Waals surface area contributed by atoms with Gasteiger partial charge in [0.05, 0.1) is 5.02 Å². The smallest absolute Gasteiger partial charge is 0.137 e. The molecule has 1 aliphatic heterocycles. The van der Waals surface area contributed by atoms with Crippen LogP contribution in [0.4, 0.5) is 0 Å². The summed E-state index contributed by atoms with van der Waals surface area (Å²) in [5.41, 5.74) is 6.96. The van der Waals surface area contributed by atoms with Gasteiger partial charge in [0.2, 0.25) is 0 Å². The van der Waals surface area contributed by atoms with E-state index in [0.717, 1.165) is 50.5 Å². The van der Waals surface area contributed by atoms with Crippen molar-refractivity contribution < 1.29 is 4.74 Å². The molecule has 118 valence electrons. The number of ether oxygens (including phenoxy) is 1. The third kappa shape index (κ3) is 5.47. The highest BCUT2D eigenvalue weighted by Gasteiger charge is 2.13. The summed E-state index contributed by atoms with van der Waals surface area (Å²) in [4.78, 5) is 4.78. The number of rotatable bonds is 6. The summed E-state index contributed by atoms with van der Waals surface area (Å²) in [5, 5.41) is 0.673. The van der Waals surface area contributed by atoms with E-state index in [4.69, 9.17) is 22.1 Å². The first-order chi connectivity index (χ1) is 10.0. The highest BCUT2D eigenvalue weighted by Crippen LogP contribution is 2.25. The van der Waals surface area contributed by atoms with Gasteiger partial charge in [-0.15, -0.1) is 0 Å². The molecule has 1 atom stereocenters. The number of hydrogen-bond donors (Lipinski definition) is 1. The zero-order valence-electron chi connectivity index (χ0n) is 13.0. The first kappa shape index (κ1) is 16.6. The third-order valence-electron chi connectivity index (χ3n) is 3.81. The summed E-state index contributed by atoms with van der Waals surface area (Å²) in [5.74, 6) is 0.763. The summed E-state index contributed by atoms with van der Waals surface area (Å²) >= 11 is 6.27. The molecule has 0 aromatic heterocycles. The monoisotopic (exact) mass is 311 g/mol. The minimum atomic E-state index is 0.144. The average molecular weight is 312 g/mol. The molecule has 0 amide bonds. The number of benzene rings is 1. The molecule has 21 heavy (non-hydrogen) atoms. The standard InChI is InChI=1S/C16H26ClN3O/c1-13(18)11-14-3-4-16(15(17)12-14)21-10-9-20-7-5-19(2)6-8-20/h3-4,12-13H,5-11,18H2,1-2H3. The Morgan fingerprint density at radius 3 is 2.62 bits per heavy atom. The first-order valence-electron chi connectivity index (χ1n) is 7.62. The van der Waals surface area contributed by atoms with Crippen LogP contribution >= 0.6 is 11.6 Å². The van der Waals surface area contributed by atoms with Crippen LogP contribution in [0, 0.1) is 0 Å². The van der Waals surface area contributed by atoms with E-state index in [0.29, 0.717) is 11.6 Å². The van der Waals surface area contributed by atoms with Crippen LogP contribution in [0.15, 0.2) is 18.2 Å². The van der Waals surface area contributed by atoms with Gasteiger partial charge in [-0.05, 0) is 38.1 Å². The van der Waals surface area contributed by atoms with Crippen molar-refractivity contribution in [3.8, 4) is 5.75 Å². The summed E-state index contributed by atoms with van der Waals surface area (Å²) in [6.45, 7) is 8.11. The maximum absolute atomic E-state index is 6.27. The second-order valence-electron chi connectivity index (χ2n) is 5.94. The van der Waals surface area contributed by atoms with E-state index < -0.39 is 0 Å². The van der Waals surface area contributed by atoms with Gasteiger partial charge in [-0.1, -0.05) is 17.7 Å². The minimum Gasteiger partial charge on any atom is -0.491 e. The molecule has 2 rings (SSSR count). The summed E-state index contributed by atoms with van der Waals surface area (Å²) in [6.07, 6.45) is 0.835. The van der Waals surface area contributed by atoms with Gasteiger partial charge >= 0.3 is 0 Å². The topological polar surface area (TPSA) is 41.7 Å². The highest BCUT2D eigenvalue weighted by atomic mass is 35.5. The third-order valence-corrected chi connectivity index (χ3v) is 4.11. The van der Waals surface area contributed by atoms with Gasteiger partial charge in [-0.2, -0.15) is 0 Å². The van der Waals surface area contributed by atoms with Gasteiger partial charge in [0.15, 0.2) is 0 Å². The molecule has 0 bridgehead atoms. The van der Waals surface area contributed by atoms with Gasteiger partial charge in [0.1, 0.15) is 12.4 Å². The lowest BCUT2D eigenvalue weighted by atomic mass is 10.1. The molecule has 1 aromatic carbocycles. The number of nitrogens with two attached hydrogens (primary N) is 1. The van der Waals surface area contributed by atoms with Gasteiger partial charge in [-0.3, -0.25) is 4.90 Å². The maximum Gasteiger partial charge on any atom is 0.137 e. The van der Waals surface area contributed by atoms with E-state index in [2.05, 4.69) is 16.8 Å². The molecule has 1 fully saturated rings. The Kier molecular flexibility index (Phi) is 6.30. The average Bonchev–Trinajstić information content (AvgIpc) is 2.43. The summed E-state index contributed by atoms with van der Waals surface area (Å²) < 4.78 is 5.81. The Hall–Kier alpha value is -0.810. The van der Waals surface area contributed by atoms with E-state index in [9.17, 15) is 0 Å². The molecule has 0 spiro atoms. The minimum absolute atomic E-state index is 0.144. The lowest BCUT2D eigenvalue weighted by Crippen LogP contribution is -2.45. The normalized spacial score (nSPS) is 18.7. The largest absolute Gasteiger partial charge is 0.491 e. The molecule has 2 N–H and O–H groups in total. The van der Waals surface area contributed by atoms with Crippen molar-refractivity contribution in [2.45, 2.75) is 19.4 Å². The Bertz CT molecular complexity index is 445. The van der Waals surface area contributed by atoms with E-state index in [1.165, 1.54) is 0 Å². The van der Waals surface area contributed by atoms with Crippen LogP contribution in [0.2, 0.25) is 5.02 Å². The number of piperazine rings is 1. The van der Waals surface area contributed by atoms with Crippen molar-refractivity contribution in [3.63, 3.8) is 0 Å². The zero-order valence-corrected chi connectivity index (χ0v) is 13.8. The van der Waals surface area contributed by atoms with E-state index in [-0.39, 0.29) is 6.04 Å². The number of halogens is 1. The van der Waals surface area contributed by atoms with Crippen LogP contribution < -0.4 is 10.5 Å². The first-order valence-corrected chi connectivity index (χ1v) is 8.00. The molecular formula is C16H26ClN3O. The van der Waals surface area contributed by atoms with Crippen LogP contribution in [-0.2, 0) is 6.42 Å². The lowest BCUT2D eigenvalue weighted by Gasteiger charge is -2.32. The second kappa shape index (κ2) is 7.99. The molecule has 1 aliphatic rings. The molecule has 1 aromatic rings. The van der Waals surface area contributed by atoms with Crippen molar-refractivity contribution in [3.05, 3.63) is 28.8 Å². The number of likely N-dealkylation sites (N-methyl/N-ethyl adjacent to an activating group) is 1. The van der Waals surface area contributed by atoms with Crippen molar-refractivity contribution in [1.82, 2.24) is 9.80 Å². The fourth-order valence-electron chi connectivity index (χ4n) is 2.52. The SMILES string of the molecule is CC(N)Cc1ccc(OCCN2CCN(C)CC2)c(Cl)c1. The molecule has 0 aliphatic carbocycles. The zero-order chi connectivity index (χ0) is 15.2. The molecule has 5 heteroatoms. The molecule has 1 heterocycles. The van der Waals surface area contributed by atoms with Crippen molar-refractivity contribution in [1.29, 1.82) is 0 Å². The fraction of sp³-hybridized carbons (Fsp3) is 0.625. The van der Waals surface area contributed by atoms with E-state index in [1.807, 2.05) is 25.1 Å². The Labute approximate surface area is 132 Å². The summed E-state index contributed by atoms with van der Waals surface area (Å²) in [6, 6.07) is 6.09. The maximum atomic E-state index is 6.27. The Balaban J connectivity index is 1.78. The van der Waals surface area contributed by atoms with Crippen molar-refractivity contribution >= 4 is 11.6 Å². The molecule has 0 radical (unpaired) electrons. The molecule has 1 unspecified atom stereocenters. The van der Waals surface area contributed by atoms with Crippen LogP contribution in [-0.4, -0.2) is 62.2 Å². The summed E-state index contributed by atoms with van der Waals surface area (Å²) in [7, 11) is 2.16. The molecular weight excluding hydrogens is 286 g/mol. The molecule has 1 saturated heterocycles. The number of hydrogen-bond acceptors (Lipinski definition) is 4.